The van der Waals surface area contributed by atoms with Gasteiger partial charge < -0.3 is 10.2 Å². The maximum absolute atomic E-state index is 10.7. The summed E-state index contributed by atoms with van der Waals surface area (Å²) in [4.78, 5) is 10.7. The van der Waals surface area contributed by atoms with Crippen LogP contribution in [0.5, 0.6) is 0 Å². The highest BCUT2D eigenvalue weighted by Gasteiger charge is 2.41. The third-order valence-corrected chi connectivity index (χ3v) is 3.49. The summed E-state index contributed by atoms with van der Waals surface area (Å²) >= 11 is 0. The predicted octanol–water partition coefficient (Wildman–Crippen LogP) is 2.31. The molecule has 0 spiro atoms. The molecule has 1 aliphatic carbocycles. The molecule has 0 bridgehead atoms. The van der Waals surface area contributed by atoms with Crippen molar-refractivity contribution < 1.29 is 14.4 Å². The fourth-order valence-corrected chi connectivity index (χ4v) is 2.43. The third-order valence-electron chi connectivity index (χ3n) is 3.49. The third kappa shape index (κ3) is 1.82. The summed E-state index contributed by atoms with van der Waals surface area (Å²) in [5.41, 5.74) is 7.00. The quantitative estimate of drug-likeness (QED) is 0.644. The van der Waals surface area contributed by atoms with Gasteiger partial charge in [0, 0.05) is 10.9 Å². The van der Waals surface area contributed by atoms with E-state index in [-0.39, 0.29) is 12.5 Å². The molecule has 1 aliphatic rings. The van der Waals surface area contributed by atoms with Gasteiger partial charge in [-0.1, -0.05) is 18.2 Å². The van der Waals surface area contributed by atoms with Crippen LogP contribution in [0, 0.1) is 5.92 Å². The Hall–Kier alpha value is -2.01. The molecule has 1 fully saturated rings. The molecule has 5 nitrogen and oxygen atoms in total. The number of para-hydroxylation sites is 1. The zero-order valence-corrected chi connectivity index (χ0v) is 9.74. The first-order valence-corrected chi connectivity index (χ1v) is 5.89. The van der Waals surface area contributed by atoms with Gasteiger partial charge in [0.2, 0.25) is 0 Å². The zero-order valence-electron chi connectivity index (χ0n) is 9.74. The Morgan fingerprint density at radius 2 is 2.28 bits per heavy atom. The number of amides is 2. The van der Waals surface area contributed by atoms with Crippen molar-refractivity contribution in [2.45, 2.75) is 12.3 Å². The number of hydrogen-bond donors (Lipinski definition) is 2. The second-order valence-corrected chi connectivity index (χ2v) is 4.71. The molecule has 0 aliphatic heterocycles. The first-order chi connectivity index (χ1) is 8.66. The van der Waals surface area contributed by atoms with E-state index in [0.717, 1.165) is 23.0 Å². The zero-order chi connectivity index (χ0) is 12.7. The van der Waals surface area contributed by atoms with Crippen LogP contribution in [0.25, 0.3) is 11.0 Å². The number of benzene rings is 1. The molecule has 0 radical (unpaired) electrons. The van der Waals surface area contributed by atoms with Gasteiger partial charge in [0.25, 0.3) is 0 Å². The minimum atomic E-state index is -0.808. The molecule has 94 valence electrons. The summed E-state index contributed by atoms with van der Waals surface area (Å²) < 4.78 is 5.48. The monoisotopic (exact) mass is 246 g/mol. The fourth-order valence-electron chi connectivity index (χ4n) is 2.43. The molecule has 2 aromatic rings. The van der Waals surface area contributed by atoms with Gasteiger partial charge in [-0.05, 0) is 24.3 Å². The molecule has 1 heterocycles. The van der Waals surface area contributed by atoms with Crippen LogP contribution in [0.3, 0.4) is 0 Å². The molecule has 2 unspecified atom stereocenters. The number of hydroxylamine groups is 2. The SMILES string of the molecule is NC(=O)N(O)CC1CC1c1coc2ccccc12. The Balaban J connectivity index is 1.76. The maximum atomic E-state index is 10.7. The van der Waals surface area contributed by atoms with Gasteiger partial charge in [-0.3, -0.25) is 5.21 Å². The van der Waals surface area contributed by atoms with E-state index in [1.165, 1.54) is 0 Å². The number of primary amides is 1. The van der Waals surface area contributed by atoms with Crippen LogP contribution in [-0.4, -0.2) is 22.8 Å². The van der Waals surface area contributed by atoms with Crippen molar-refractivity contribution in [1.29, 1.82) is 0 Å². The topological polar surface area (TPSA) is 79.7 Å². The molecular formula is C13H14N2O3. The van der Waals surface area contributed by atoms with Crippen LogP contribution in [0.2, 0.25) is 0 Å². The van der Waals surface area contributed by atoms with Gasteiger partial charge >= 0.3 is 6.03 Å². The summed E-state index contributed by atoms with van der Waals surface area (Å²) in [6, 6.07) is 7.05. The molecule has 2 amide bonds. The van der Waals surface area contributed by atoms with Gasteiger partial charge in [-0.15, -0.1) is 0 Å². The van der Waals surface area contributed by atoms with Crippen LogP contribution < -0.4 is 5.73 Å². The number of furan rings is 1. The molecule has 1 saturated carbocycles. The normalized spacial score (nSPS) is 22.1. The van der Waals surface area contributed by atoms with E-state index in [0.29, 0.717) is 11.0 Å². The first-order valence-electron chi connectivity index (χ1n) is 5.89. The number of carbonyl (C=O) groups excluding carboxylic acids is 1. The Bertz CT molecular complexity index is 593. The highest BCUT2D eigenvalue weighted by molar-refractivity contribution is 5.82. The lowest BCUT2D eigenvalue weighted by Crippen LogP contribution is -2.34. The smallest absolute Gasteiger partial charge is 0.338 e. The van der Waals surface area contributed by atoms with E-state index in [2.05, 4.69) is 0 Å². The Kier molecular flexibility index (Phi) is 2.48. The number of fused-ring (bicyclic) bond motifs is 1. The van der Waals surface area contributed by atoms with E-state index >= 15 is 0 Å². The number of rotatable bonds is 3. The van der Waals surface area contributed by atoms with Crippen LogP contribution in [0.15, 0.2) is 34.9 Å². The molecular weight excluding hydrogens is 232 g/mol. The second kappa shape index (κ2) is 4.03. The fraction of sp³-hybridized carbons (Fsp3) is 0.308. The Morgan fingerprint density at radius 3 is 3.06 bits per heavy atom. The molecule has 3 N–H and O–H groups in total. The number of nitrogens with two attached hydrogens (primary N) is 1. The van der Waals surface area contributed by atoms with Crippen molar-refractivity contribution in [3.05, 3.63) is 36.1 Å². The van der Waals surface area contributed by atoms with Crippen LogP contribution >= 0.6 is 0 Å². The van der Waals surface area contributed by atoms with E-state index in [1.807, 2.05) is 24.3 Å². The average molecular weight is 246 g/mol. The Morgan fingerprint density at radius 1 is 1.50 bits per heavy atom. The van der Waals surface area contributed by atoms with Crippen molar-refractivity contribution in [2.24, 2.45) is 11.7 Å². The molecule has 5 heteroatoms. The van der Waals surface area contributed by atoms with Gasteiger partial charge in [0.15, 0.2) is 0 Å². The average Bonchev–Trinajstić information content (AvgIpc) is 2.98. The van der Waals surface area contributed by atoms with E-state index in [4.69, 9.17) is 10.2 Å². The van der Waals surface area contributed by atoms with Crippen molar-refractivity contribution in [2.75, 3.05) is 6.54 Å². The summed E-state index contributed by atoms with van der Waals surface area (Å²) in [7, 11) is 0. The lowest BCUT2D eigenvalue weighted by Gasteiger charge is -2.10. The maximum Gasteiger partial charge on any atom is 0.338 e. The van der Waals surface area contributed by atoms with E-state index < -0.39 is 6.03 Å². The lowest BCUT2D eigenvalue weighted by molar-refractivity contribution is -0.0431. The van der Waals surface area contributed by atoms with Crippen LogP contribution in [-0.2, 0) is 0 Å². The van der Waals surface area contributed by atoms with Crippen molar-refractivity contribution in [3.63, 3.8) is 0 Å². The summed E-state index contributed by atoms with van der Waals surface area (Å²) in [6.07, 6.45) is 2.70. The predicted molar refractivity (Wildman–Crippen MR) is 65.1 cm³/mol. The summed E-state index contributed by atoms with van der Waals surface area (Å²) in [6.45, 7) is 0.277. The molecule has 1 aromatic heterocycles. The Labute approximate surface area is 104 Å². The number of hydrogen-bond acceptors (Lipinski definition) is 3. The highest BCUT2D eigenvalue weighted by Crippen LogP contribution is 2.50. The molecule has 18 heavy (non-hydrogen) atoms. The van der Waals surface area contributed by atoms with Crippen molar-refractivity contribution in [1.82, 2.24) is 5.06 Å². The van der Waals surface area contributed by atoms with Gasteiger partial charge in [0.05, 0.1) is 12.8 Å². The molecule has 0 saturated heterocycles. The summed E-state index contributed by atoms with van der Waals surface area (Å²) in [5.74, 6) is 0.589. The number of carbonyl (C=O) groups is 1. The van der Waals surface area contributed by atoms with Gasteiger partial charge in [-0.2, -0.15) is 0 Å². The van der Waals surface area contributed by atoms with E-state index in [9.17, 15) is 10.0 Å². The minimum Gasteiger partial charge on any atom is -0.464 e. The van der Waals surface area contributed by atoms with Crippen molar-refractivity contribution in [3.8, 4) is 0 Å². The molecule has 2 atom stereocenters. The summed E-state index contributed by atoms with van der Waals surface area (Å²) in [5, 5.41) is 11.0. The van der Waals surface area contributed by atoms with Gasteiger partial charge in [-0.25, -0.2) is 9.86 Å². The highest BCUT2D eigenvalue weighted by atomic mass is 16.5. The number of nitrogens with zero attached hydrogens (tertiary/aromatic N) is 1. The lowest BCUT2D eigenvalue weighted by atomic mass is 10.1. The van der Waals surface area contributed by atoms with Gasteiger partial charge in [0.1, 0.15) is 5.58 Å². The van der Waals surface area contributed by atoms with Crippen molar-refractivity contribution >= 4 is 17.0 Å². The molecule has 3 rings (SSSR count). The largest absolute Gasteiger partial charge is 0.464 e. The van der Waals surface area contributed by atoms with Crippen LogP contribution in [0.4, 0.5) is 4.79 Å². The minimum absolute atomic E-state index is 0.253. The standard InChI is InChI=1S/C13H14N2O3/c14-13(16)15(17)6-8-5-10(8)11-7-18-12-4-2-1-3-9(11)12/h1-4,7-8,10,17H,5-6H2,(H2,14,16). The van der Waals surface area contributed by atoms with Crippen LogP contribution in [0.1, 0.15) is 17.9 Å². The first kappa shape index (κ1) is 11.1. The second-order valence-electron chi connectivity index (χ2n) is 4.71. The molecule has 1 aromatic carbocycles. The number of urea groups is 1. The van der Waals surface area contributed by atoms with E-state index in [1.54, 1.807) is 6.26 Å².